The summed E-state index contributed by atoms with van der Waals surface area (Å²) < 4.78 is 5.44. The molecule has 2 aliphatic rings. The van der Waals surface area contributed by atoms with Crippen LogP contribution in [0.25, 0.3) is 22.6 Å². The van der Waals surface area contributed by atoms with Crippen molar-refractivity contribution in [1.82, 2.24) is 9.97 Å². The zero-order chi connectivity index (χ0) is 26.8. The van der Waals surface area contributed by atoms with E-state index in [0.29, 0.717) is 17.3 Å². The topological polar surface area (TPSA) is 77.7 Å². The number of nitrogens with zero attached hydrogens (tertiary/aromatic N) is 5. The molecule has 0 aliphatic carbocycles. The second-order valence-electron chi connectivity index (χ2n) is 10.2. The van der Waals surface area contributed by atoms with Crippen molar-refractivity contribution < 1.29 is 9.21 Å². The van der Waals surface area contributed by atoms with Gasteiger partial charge in [-0.15, -0.1) is 0 Å². The second kappa shape index (κ2) is 10.8. The van der Waals surface area contributed by atoms with Crippen LogP contribution in [0, 0.1) is 0 Å². The molecule has 1 fully saturated rings. The number of pyridine rings is 1. The van der Waals surface area contributed by atoms with Crippen molar-refractivity contribution in [3.8, 4) is 22.6 Å². The van der Waals surface area contributed by atoms with Crippen LogP contribution in [0.3, 0.4) is 0 Å². The lowest BCUT2D eigenvalue weighted by Gasteiger charge is -2.28. The average Bonchev–Trinajstić information content (AvgIpc) is 3.68. The number of rotatable bonds is 5. The van der Waals surface area contributed by atoms with Crippen molar-refractivity contribution in [1.29, 1.82) is 0 Å². The largest absolute Gasteiger partial charge is 0.444 e. The molecule has 4 heterocycles. The minimum Gasteiger partial charge on any atom is -0.444 e. The number of oxazole rings is 1. The second-order valence-corrected chi connectivity index (χ2v) is 10.2. The van der Waals surface area contributed by atoms with Crippen LogP contribution in [0.4, 0.5) is 27.7 Å². The van der Waals surface area contributed by atoms with Crippen LogP contribution < -0.4 is 20.0 Å². The Morgan fingerprint density at radius 3 is 2.64 bits per heavy atom. The summed E-state index contributed by atoms with van der Waals surface area (Å²) >= 11 is 0. The zero-order valence-corrected chi connectivity index (χ0v) is 22.5. The van der Waals surface area contributed by atoms with Crippen molar-refractivity contribution in [3.63, 3.8) is 0 Å². The number of carbonyl (C=O) groups excluding carboxylic acids is 1. The number of aromatic nitrogens is 2. The lowest BCUT2D eigenvalue weighted by Crippen LogP contribution is -2.42. The molecule has 0 saturated carbocycles. The number of urea groups is 1. The van der Waals surface area contributed by atoms with Gasteiger partial charge < -0.3 is 19.5 Å². The third-order valence-corrected chi connectivity index (χ3v) is 7.73. The van der Waals surface area contributed by atoms with Crippen LogP contribution in [0.15, 0.2) is 77.7 Å². The third-order valence-electron chi connectivity index (χ3n) is 7.73. The van der Waals surface area contributed by atoms with E-state index < -0.39 is 0 Å². The Morgan fingerprint density at radius 2 is 1.85 bits per heavy atom. The molecule has 2 aromatic carbocycles. The van der Waals surface area contributed by atoms with E-state index in [2.05, 4.69) is 70.3 Å². The van der Waals surface area contributed by atoms with Crippen molar-refractivity contribution in [2.45, 2.75) is 39.2 Å². The monoisotopic (exact) mass is 522 g/mol. The molecule has 2 aromatic heterocycles. The van der Waals surface area contributed by atoms with Crippen LogP contribution in [-0.4, -0.2) is 48.2 Å². The van der Waals surface area contributed by atoms with E-state index in [1.54, 1.807) is 6.20 Å². The normalized spacial score (nSPS) is 17.2. The first-order valence-electron chi connectivity index (χ1n) is 13.8. The van der Waals surface area contributed by atoms with Crippen LogP contribution in [0.5, 0.6) is 0 Å². The van der Waals surface area contributed by atoms with E-state index in [1.165, 1.54) is 24.9 Å². The maximum Gasteiger partial charge on any atom is 0.327 e. The Balaban J connectivity index is 1.35. The first-order chi connectivity index (χ1) is 19.1. The molecule has 0 unspecified atom stereocenters. The lowest BCUT2D eigenvalue weighted by molar-refractivity contribution is 0.255. The quantitative estimate of drug-likeness (QED) is 0.316. The van der Waals surface area contributed by atoms with Crippen molar-refractivity contribution in [3.05, 3.63) is 73.3 Å². The van der Waals surface area contributed by atoms with Crippen LogP contribution in [0.2, 0.25) is 0 Å². The van der Waals surface area contributed by atoms with Crippen molar-refractivity contribution in [2.75, 3.05) is 46.2 Å². The molecule has 2 amide bonds. The fourth-order valence-electron chi connectivity index (χ4n) is 5.58. The maximum absolute atomic E-state index is 13.9. The highest BCUT2D eigenvalue weighted by molar-refractivity contribution is 6.04. The molecule has 6 rings (SSSR count). The van der Waals surface area contributed by atoms with E-state index in [4.69, 9.17) is 9.40 Å². The maximum atomic E-state index is 13.9. The summed E-state index contributed by atoms with van der Waals surface area (Å²) in [6.07, 6.45) is 6.38. The molecule has 0 spiro atoms. The number of amides is 2. The van der Waals surface area contributed by atoms with E-state index in [9.17, 15) is 4.79 Å². The summed E-state index contributed by atoms with van der Waals surface area (Å²) in [6, 6.07) is 20.2. The fraction of sp³-hybridized carbons (Fsp3) is 0.323. The Bertz CT molecular complexity index is 1450. The summed E-state index contributed by atoms with van der Waals surface area (Å²) in [6.45, 7) is 8.13. The van der Waals surface area contributed by atoms with Gasteiger partial charge in [0.05, 0.1) is 17.6 Å². The lowest BCUT2D eigenvalue weighted by atomic mass is 10.1. The molecular formula is C31H34N6O2. The van der Waals surface area contributed by atoms with E-state index in [0.717, 1.165) is 55.1 Å². The SMILES string of the molecule is CCN1CC[C@@H](C)N(C(=O)Nc2cccc(-c3cnco3)c2)c2nc(-c3cccc(N4CCCC4)c3)ccc21. The van der Waals surface area contributed by atoms with Gasteiger partial charge in [0.2, 0.25) is 0 Å². The van der Waals surface area contributed by atoms with Crippen molar-refractivity contribution in [2.24, 2.45) is 0 Å². The van der Waals surface area contributed by atoms with Gasteiger partial charge in [0, 0.05) is 54.7 Å². The highest BCUT2D eigenvalue weighted by atomic mass is 16.3. The minimum absolute atomic E-state index is 0.0311. The van der Waals surface area contributed by atoms with Crippen molar-refractivity contribution >= 4 is 28.9 Å². The first-order valence-corrected chi connectivity index (χ1v) is 13.8. The number of hydrogen-bond acceptors (Lipinski definition) is 6. The molecule has 8 nitrogen and oxygen atoms in total. The summed E-state index contributed by atoms with van der Waals surface area (Å²) in [4.78, 5) is 29.6. The summed E-state index contributed by atoms with van der Waals surface area (Å²) in [5, 5.41) is 3.11. The standard InChI is InChI=1S/C31H34N6O2/c1-3-35-17-14-22(2)37(31(38)33-25-10-6-9-24(18-25)29-20-32-21-39-29)30-28(35)13-12-27(34-30)23-8-7-11-26(19-23)36-15-4-5-16-36/h6-13,18-22H,3-5,14-17H2,1-2H3,(H,33,38)/t22-/m1/s1. The average molecular weight is 523 g/mol. The number of carbonyl (C=O) groups is 1. The van der Waals surface area contributed by atoms with E-state index in [-0.39, 0.29) is 12.1 Å². The highest BCUT2D eigenvalue weighted by Crippen LogP contribution is 2.36. The molecule has 0 bridgehead atoms. The number of nitrogens with one attached hydrogen (secondary N) is 1. The summed E-state index contributed by atoms with van der Waals surface area (Å²) in [7, 11) is 0. The van der Waals surface area contributed by atoms with E-state index in [1.807, 2.05) is 29.2 Å². The molecule has 39 heavy (non-hydrogen) atoms. The van der Waals surface area contributed by atoms with Crippen LogP contribution in [-0.2, 0) is 0 Å². The number of anilines is 4. The number of fused-ring (bicyclic) bond motifs is 1. The first kappa shape index (κ1) is 25.0. The predicted octanol–water partition coefficient (Wildman–Crippen LogP) is 6.66. The Hall–Kier alpha value is -4.33. The summed E-state index contributed by atoms with van der Waals surface area (Å²) in [5.41, 5.74) is 5.67. The highest BCUT2D eigenvalue weighted by Gasteiger charge is 2.31. The smallest absolute Gasteiger partial charge is 0.327 e. The molecular weight excluding hydrogens is 488 g/mol. The molecule has 1 atom stereocenters. The predicted molar refractivity (Wildman–Crippen MR) is 157 cm³/mol. The molecule has 200 valence electrons. The van der Waals surface area contributed by atoms with E-state index >= 15 is 0 Å². The molecule has 1 N–H and O–H groups in total. The molecule has 0 radical (unpaired) electrons. The van der Waals surface area contributed by atoms with Gasteiger partial charge in [-0.1, -0.05) is 24.3 Å². The Labute approximate surface area is 229 Å². The molecule has 8 heteroatoms. The Morgan fingerprint density at radius 1 is 1.03 bits per heavy atom. The van der Waals surface area contributed by atoms with Gasteiger partial charge in [-0.25, -0.2) is 14.8 Å². The molecule has 4 aromatic rings. The zero-order valence-electron chi connectivity index (χ0n) is 22.5. The van der Waals surface area contributed by atoms with Crippen LogP contribution >= 0.6 is 0 Å². The summed E-state index contributed by atoms with van der Waals surface area (Å²) in [5.74, 6) is 1.34. The van der Waals surface area contributed by atoms with Gasteiger partial charge in [0.15, 0.2) is 18.0 Å². The fourth-order valence-corrected chi connectivity index (χ4v) is 5.58. The molecule has 2 aliphatic heterocycles. The van der Waals surface area contributed by atoms with Gasteiger partial charge in [-0.05, 0) is 69.5 Å². The molecule has 1 saturated heterocycles. The Kier molecular flexibility index (Phi) is 6.92. The minimum atomic E-state index is -0.202. The van der Waals surface area contributed by atoms with Gasteiger partial charge in [0.1, 0.15) is 0 Å². The third kappa shape index (κ3) is 5.06. The van der Waals surface area contributed by atoms with Crippen LogP contribution in [0.1, 0.15) is 33.1 Å². The number of hydrogen-bond donors (Lipinski definition) is 1. The van der Waals surface area contributed by atoms with Gasteiger partial charge in [-0.3, -0.25) is 4.90 Å². The van der Waals surface area contributed by atoms with Gasteiger partial charge in [-0.2, -0.15) is 0 Å². The van der Waals surface area contributed by atoms with Gasteiger partial charge >= 0.3 is 6.03 Å². The number of benzene rings is 2. The van der Waals surface area contributed by atoms with Gasteiger partial charge in [0.25, 0.3) is 0 Å².